The zero-order chi connectivity index (χ0) is 24.8. The van der Waals surface area contributed by atoms with Crippen molar-refractivity contribution >= 4 is 18.0 Å². The summed E-state index contributed by atoms with van der Waals surface area (Å²) in [6.07, 6.45) is 2.54. The molecule has 33 heavy (non-hydrogen) atoms. The predicted octanol–water partition coefficient (Wildman–Crippen LogP) is 3.29. The summed E-state index contributed by atoms with van der Waals surface area (Å²) in [7, 11) is 1.52. The summed E-state index contributed by atoms with van der Waals surface area (Å²) in [5, 5.41) is 16.0. The first kappa shape index (κ1) is 26.0. The predicted molar refractivity (Wildman–Crippen MR) is 122 cm³/mol. The van der Waals surface area contributed by atoms with E-state index in [2.05, 4.69) is 10.6 Å². The van der Waals surface area contributed by atoms with E-state index in [-0.39, 0.29) is 36.8 Å². The van der Waals surface area contributed by atoms with Crippen LogP contribution < -0.4 is 15.4 Å². The van der Waals surface area contributed by atoms with Crippen LogP contribution in [0.2, 0.25) is 0 Å². The number of rotatable bonds is 9. The number of carbonyl (C=O) groups is 3. The van der Waals surface area contributed by atoms with E-state index in [1.807, 2.05) is 19.9 Å². The molecule has 0 saturated carbocycles. The van der Waals surface area contributed by atoms with Gasteiger partial charge < -0.3 is 30.0 Å². The first-order chi connectivity index (χ1) is 15.4. The van der Waals surface area contributed by atoms with Crippen molar-refractivity contribution < 1.29 is 33.7 Å². The first-order valence-corrected chi connectivity index (χ1v) is 10.9. The number of allylic oxidation sites excluding steroid dienone is 2. The van der Waals surface area contributed by atoms with Crippen LogP contribution >= 0.6 is 0 Å². The van der Waals surface area contributed by atoms with Crippen molar-refractivity contribution in [3.63, 3.8) is 0 Å². The van der Waals surface area contributed by atoms with E-state index in [0.717, 1.165) is 11.1 Å². The summed E-state index contributed by atoms with van der Waals surface area (Å²) in [6.45, 7) is 9.77. The van der Waals surface area contributed by atoms with Crippen LogP contribution in [0.25, 0.3) is 0 Å². The maximum atomic E-state index is 12.1. The summed E-state index contributed by atoms with van der Waals surface area (Å²) in [5.74, 6) is -0.253. The van der Waals surface area contributed by atoms with Crippen LogP contribution in [0.3, 0.4) is 0 Å². The van der Waals surface area contributed by atoms with Crippen molar-refractivity contribution in [1.82, 2.24) is 10.6 Å². The number of nitrogens with one attached hydrogen (secondary N) is 2. The Morgan fingerprint density at radius 3 is 2.48 bits per heavy atom. The number of aromatic hydroxyl groups is 1. The number of amides is 2. The minimum atomic E-state index is -0.570. The smallest absolute Gasteiger partial charge is 0.407 e. The second-order valence-electron chi connectivity index (χ2n) is 8.95. The standard InChI is InChI=1S/C24H34N2O7/c1-14(8-10-18(27)25-11-12-26-23(30)33-24(3,4)5)7-9-16-20(28)19-17(13-32-22(19)29)15(2)21(16)31-6/h7,28H,8-13H2,1-6H3,(H,25,27)(H,26,30). The van der Waals surface area contributed by atoms with Crippen molar-refractivity contribution in [2.75, 3.05) is 20.2 Å². The Labute approximate surface area is 194 Å². The average Bonchev–Trinajstić information content (AvgIpc) is 3.12. The van der Waals surface area contributed by atoms with Crippen molar-refractivity contribution in [1.29, 1.82) is 0 Å². The number of carbonyl (C=O) groups excluding carboxylic acids is 3. The number of phenols is 1. The van der Waals surface area contributed by atoms with Gasteiger partial charge in [0.25, 0.3) is 0 Å². The fraction of sp³-hybridized carbons (Fsp3) is 0.542. The van der Waals surface area contributed by atoms with Gasteiger partial charge in [-0.2, -0.15) is 0 Å². The number of phenolic OH excluding ortho intramolecular Hbond substituents is 1. The molecule has 182 valence electrons. The number of fused-ring (bicyclic) bond motifs is 1. The highest BCUT2D eigenvalue weighted by atomic mass is 16.6. The monoisotopic (exact) mass is 462 g/mol. The van der Waals surface area contributed by atoms with E-state index in [0.29, 0.717) is 36.3 Å². The molecule has 1 aliphatic rings. The number of cyclic esters (lactones) is 1. The second-order valence-corrected chi connectivity index (χ2v) is 8.95. The molecular weight excluding hydrogens is 428 g/mol. The third-order valence-corrected chi connectivity index (χ3v) is 5.16. The molecule has 2 rings (SSSR count). The van der Waals surface area contributed by atoms with E-state index in [1.165, 1.54) is 7.11 Å². The minimum absolute atomic E-state index is 0.116. The Morgan fingerprint density at radius 1 is 1.18 bits per heavy atom. The molecule has 1 aromatic carbocycles. The lowest BCUT2D eigenvalue weighted by atomic mass is 9.94. The summed E-state index contributed by atoms with van der Waals surface area (Å²) in [4.78, 5) is 35.6. The van der Waals surface area contributed by atoms with Crippen LogP contribution in [0.1, 0.15) is 67.6 Å². The van der Waals surface area contributed by atoms with Crippen molar-refractivity contribution in [3.05, 3.63) is 33.9 Å². The summed E-state index contributed by atoms with van der Waals surface area (Å²) >= 11 is 0. The lowest BCUT2D eigenvalue weighted by Gasteiger charge is -2.19. The zero-order valence-corrected chi connectivity index (χ0v) is 20.2. The molecule has 9 heteroatoms. The largest absolute Gasteiger partial charge is 0.507 e. The fourth-order valence-corrected chi connectivity index (χ4v) is 3.49. The van der Waals surface area contributed by atoms with Gasteiger partial charge in [0.15, 0.2) is 0 Å². The van der Waals surface area contributed by atoms with Crippen LogP contribution in [-0.4, -0.2) is 48.9 Å². The Bertz CT molecular complexity index is 945. The third kappa shape index (κ3) is 7.13. The molecule has 0 aromatic heterocycles. The lowest BCUT2D eigenvalue weighted by molar-refractivity contribution is -0.121. The maximum Gasteiger partial charge on any atom is 0.407 e. The Balaban J connectivity index is 1.86. The number of benzene rings is 1. The van der Waals surface area contributed by atoms with Gasteiger partial charge in [-0.3, -0.25) is 4.79 Å². The van der Waals surface area contributed by atoms with Gasteiger partial charge in [-0.1, -0.05) is 11.6 Å². The molecule has 9 nitrogen and oxygen atoms in total. The van der Waals surface area contributed by atoms with Gasteiger partial charge in [-0.05, 0) is 53.0 Å². The number of esters is 1. The number of hydrogen-bond donors (Lipinski definition) is 3. The molecule has 1 aromatic rings. The topological polar surface area (TPSA) is 123 Å². The summed E-state index contributed by atoms with van der Waals surface area (Å²) < 4.78 is 15.7. The molecule has 1 heterocycles. The van der Waals surface area contributed by atoms with Crippen LogP contribution in [-0.2, 0) is 27.3 Å². The molecule has 0 radical (unpaired) electrons. The molecule has 0 aliphatic carbocycles. The van der Waals surface area contributed by atoms with Gasteiger partial charge in [0.1, 0.15) is 29.3 Å². The number of ether oxygens (including phenoxy) is 3. The highest BCUT2D eigenvalue weighted by Crippen LogP contribution is 2.42. The van der Waals surface area contributed by atoms with E-state index in [1.54, 1.807) is 20.8 Å². The van der Waals surface area contributed by atoms with Gasteiger partial charge in [-0.15, -0.1) is 0 Å². The molecular formula is C24H34N2O7. The summed E-state index contributed by atoms with van der Waals surface area (Å²) in [6, 6.07) is 0. The van der Waals surface area contributed by atoms with Crippen LogP contribution in [0.5, 0.6) is 11.5 Å². The fourth-order valence-electron chi connectivity index (χ4n) is 3.49. The van der Waals surface area contributed by atoms with Gasteiger partial charge in [-0.25, -0.2) is 9.59 Å². The third-order valence-electron chi connectivity index (χ3n) is 5.16. The van der Waals surface area contributed by atoms with Gasteiger partial charge in [0.05, 0.1) is 7.11 Å². The Morgan fingerprint density at radius 2 is 1.85 bits per heavy atom. The number of hydrogen-bond acceptors (Lipinski definition) is 7. The molecule has 0 fully saturated rings. The maximum absolute atomic E-state index is 12.1. The van der Waals surface area contributed by atoms with Gasteiger partial charge in [0.2, 0.25) is 5.91 Å². The van der Waals surface area contributed by atoms with Crippen molar-refractivity contribution in [2.24, 2.45) is 0 Å². The van der Waals surface area contributed by atoms with Crippen LogP contribution in [0, 0.1) is 6.92 Å². The van der Waals surface area contributed by atoms with Crippen molar-refractivity contribution in [2.45, 2.75) is 66.1 Å². The molecule has 0 bridgehead atoms. The first-order valence-electron chi connectivity index (χ1n) is 10.9. The normalized spacial score (nSPS) is 13.3. The number of alkyl carbamates (subject to hydrolysis) is 1. The zero-order valence-electron chi connectivity index (χ0n) is 20.2. The van der Waals surface area contributed by atoms with Crippen LogP contribution in [0.15, 0.2) is 11.6 Å². The van der Waals surface area contributed by atoms with E-state index in [4.69, 9.17) is 14.2 Å². The lowest BCUT2D eigenvalue weighted by Crippen LogP contribution is -2.37. The molecule has 0 atom stereocenters. The number of methoxy groups -OCH3 is 1. The van der Waals surface area contributed by atoms with E-state index >= 15 is 0 Å². The highest BCUT2D eigenvalue weighted by Gasteiger charge is 2.31. The molecule has 0 saturated heterocycles. The molecule has 0 spiro atoms. The van der Waals surface area contributed by atoms with Gasteiger partial charge >= 0.3 is 12.1 Å². The Hall–Kier alpha value is -3.23. The molecule has 3 N–H and O–H groups in total. The Kier molecular flexibility index (Phi) is 8.73. The molecule has 0 unspecified atom stereocenters. The molecule has 1 aliphatic heterocycles. The van der Waals surface area contributed by atoms with E-state index < -0.39 is 17.7 Å². The highest BCUT2D eigenvalue weighted by molar-refractivity contribution is 5.98. The van der Waals surface area contributed by atoms with E-state index in [9.17, 15) is 19.5 Å². The van der Waals surface area contributed by atoms with Gasteiger partial charge in [0, 0.05) is 30.6 Å². The summed E-state index contributed by atoms with van der Waals surface area (Å²) in [5.41, 5.74) is 2.53. The minimum Gasteiger partial charge on any atom is -0.507 e. The van der Waals surface area contributed by atoms with Crippen molar-refractivity contribution in [3.8, 4) is 11.5 Å². The van der Waals surface area contributed by atoms with Crippen LogP contribution in [0.4, 0.5) is 4.79 Å². The average molecular weight is 463 g/mol. The SMILES string of the molecule is COc1c(C)c2c(c(O)c1CC=C(C)CCC(=O)NCCNC(=O)OC(C)(C)C)C(=O)OC2. The second kappa shape index (κ2) is 11.1. The quantitative estimate of drug-likeness (QED) is 0.292. The molecule has 2 amide bonds.